The normalized spacial score (nSPS) is 25.3. The van der Waals surface area contributed by atoms with Crippen LogP contribution in [0.4, 0.5) is 0 Å². The second-order valence-corrected chi connectivity index (χ2v) is 6.03. The molecule has 1 aromatic rings. The van der Waals surface area contributed by atoms with E-state index >= 15 is 0 Å². The topological polar surface area (TPSA) is 65.3 Å². The van der Waals surface area contributed by atoms with Crippen LogP contribution in [0.25, 0.3) is 0 Å². The van der Waals surface area contributed by atoms with Gasteiger partial charge in [-0.1, -0.05) is 25.1 Å². The molecule has 0 atom stereocenters. The van der Waals surface area contributed by atoms with Crippen molar-refractivity contribution in [2.45, 2.75) is 44.7 Å². The summed E-state index contributed by atoms with van der Waals surface area (Å²) in [4.78, 5) is 0. The lowest BCUT2D eigenvalue weighted by Crippen LogP contribution is -2.50. The first kappa shape index (κ1) is 15.8. The monoisotopic (exact) mass is 288 g/mol. The molecule has 21 heavy (non-hydrogen) atoms. The molecule has 0 saturated heterocycles. The number of ether oxygens (including phenoxy) is 1. The lowest BCUT2D eigenvalue weighted by Gasteiger charge is -2.39. The van der Waals surface area contributed by atoms with Gasteiger partial charge in [-0.2, -0.15) is 5.26 Å². The molecule has 0 radical (unpaired) electrons. The first-order valence-corrected chi connectivity index (χ1v) is 7.63. The molecule has 1 aromatic carbocycles. The van der Waals surface area contributed by atoms with E-state index in [2.05, 4.69) is 12.2 Å². The molecule has 114 valence electrons. The van der Waals surface area contributed by atoms with E-state index in [1.54, 1.807) is 0 Å². The van der Waals surface area contributed by atoms with Crippen LogP contribution in [-0.2, 0) is 6.54 Å². The first-order chi connectivity index (χ1) is 10.2. The average Bonchev–Trinajstić information content (AvgIpc) is 2.53. The van der Waals surface area contributed by atoms with Gasteiger partial charge in [0.2, 0.25) is 0 Å². The molecular weight excluding hydrogens is 264 g/mol. The van der Waals surface area contributed by atoms with Gasteiger partial charge in [0, 0.05) is 17.6 Å². The highest BCUT2D eigenvalue weighted by Crippen LogP contribution is 2.32. The molecular formula is C17H24N2O2. The van der Waals surface area contributed by atoms with Crippen molar-refractivity contribution >= 4 is 0 Å². The Morgan fingerprint density at radius 3 is 2.76 bits per heavy atom. The van der Waals surface area contributed by atoms with E-state index in [1.165, 1.54) is 0 Å². The number of benzene rings is 1. The zero-order chi connectivity index (χ0) is 15.1. The van der Waals surface area contributed by atoms with Crippen LogP contribution in [0, 0.1) is 17.2 Å². The SMILES string of the molecule is CC1CCC(CO)(NCc2ccccc2OCC#N)CC1. The van der Waals surface area contributed by atoms with Gasteiger partial charge >= 0.3 is 0 Å². The molecule has 1 aliphatic carbocycles. The van der Waals surface area contributed by atoms with Gasteiger partial charge in [0.15, 0.2) is 6.61 Å². The Kier molecular flexibility index (Phi) is 5.60. The summed E-state index contributed by atoms with van der Waals surface area (Å²) in [6, 6.07) is 9.73. The largest absolute Gasteiger partial charge is 0.478 e. The van der Waals surface area contributed by atoms with Crippen LogP contribution in [0.2, 0.25) is 0 Å². The molecule has 2 N–H and O–H groups in total. The summed E-state index contributed by atoms with van der Waals surface area (Å²) in [6.07, 6.45) is 4.32. The lowest BCUT2D eigenvalue weighted by atomic mass is 9.77. The molecule has 1 saturated carbocycles. The van der Waals surface area contributed by atoms with Gasteiger partial charge in [0.1, 0.15) is 11.8 Å². The van der Waals surface area contributed by atoms with E-state index in [0.717, 1.165) is 42.9 Å². The quantitative estimate of drug-likeness (QED) is 0.844. The van der Waals surface area contributed by atoms with Crippen molar-refractivity contribution in [3.05, 3.63) is 29.8 Å². The van der Waals surface area contributed by atoms with Crippen molar-refractivity contribution < 1.29 is 9.84 Å². The molecule has 0 bridgehead atoms. The predicted molar refractivity (Wildman–Crippen MR) is 81.8 cm³/mol. The molecule has 1 fully saturated rings. The Labute approximate surface area is 126 Å². The van der Waals surface area contributed by atoms with Gasteiger partial charge in [0.05, 0.1) is 6.61 Å². The fourth-order valence-electron chi connectivity index (χ4n) is 2.89. The zero-order valence-corrected chi connectivity index (χ0v) is 12.6. The van der Waals surface area contributed by atoms with Crippen LogP contribution in [0.3, 0.4) is 0 Å². The van der Waals surface area contributed by atoms with Crippen molar-refractivity contribution in [1.29, 1.82) is 5.26 Å². The number of nitriles is 1. The molecule has 0 heterocycles. The van der Waals surface area contributed by atoms with E-state index in [9.17, 15) is 5.11 Å². The maximum Gasteiger partial charge on any atom is 0.174 e. The lowest BCUT2D eigenvalue weighted by molar-refractivity contribution is 0.104. The van der Waals surface area contributed by atoms with Gasteiger partial charge in [0.25, 0.3) is 0 Å². The number of aliphatic hydroxyl groups is 1. The van der Waals surface area contributed by atoms with Crippen LogP contribution < -0.4 is 10.1 Å². The number of nitrogens with one attached hydrogen (secondary N) is 1. The summed E-state index contributed by atoms with van der Waals surface area (Å²) in [5.74, 6) is 1.49. The van der Waals surface area contributed by atoms with Crippen molar-refractivity contribution in [1.82, 2.24) is 5.32 Å². The Morgan fingerprint density at radius 1 is 1.38 bits per heavy atom. The third-order valence-corrected chi connectivity index (χ3v) is 4.45. The number of aliphatic hydroxyl groups excluding tert-OH is 1. The van der Waals surface area contributed by atoms with Crippen molar-refractivity contribution in [3.63, 3.8) is 0 Å². The fourth-order valence-corrected chi connectivity index (χ4v) is 2.89. The minimum absolute atomic E-state index is 0.0552. The third kappa shape index (κ3) is 4.20. The smallest absolute Gasteiger partial charge is 0.174 e. The molecule has 0 spiro atoms. The second-order valence-electron chi connectivity index (χ2n) is 6.03. The van der Waals surface area contributed by atoms with E-state index in [0.29, 0.717) is 6.54 Å². The third-order valence-electron chi connectivity index (χ3n) is 4.45. The van der Waals surface area contributed by atoms with Gasteiger partial charge in [-0.05, 0) is 37.7 Å². The maximum absolute atomic E-state index is 9.78. The molecule has 1 aliphatic rings. The molecule has 0 amide bonds. The fraction of sp³-hybridized carbons (Fsp3) is 0.588. The summed E-state index contributed by atoms with van der Waals surface area (Å²) in [5, 5.41) is 21.9. The number of rotatable bonds is 6. The van der Waals surface area contributed by atoms with Crippen molar-refractivity contribution in [3.8, 4) is 11.8 Å². The van der Waals surface area contributed by atoms with Gasteiger partial charge in [-0.3, -0.25) is 0 Å². The zero-order valence-electron chi connectivity index (χ0n) is 12.6. The highest BCUT2D eigenvalue weighted by Gasteiger charge is 2.33. The van der Waals surface area contributed by atoms with E-state index in [4.69, 9.17) is 10.00 Å². The number of hydrogen-bond acceptors (Lipinski definition) is 4. The predicted octanol–water partition coefficient (Wildman–Crippen LogP) is 2.62. The summed E-state index contributed by atoms with van der Waals surface area (Å²) in [7, 11) is 0. The Balaban J connectivity index is 2.00. The van der Waals surface area contributed by atoms with Crippen molar-refractivity contribution in [2.24, 2.45) is 5.92 Å². The van der Waals surface area contributed by atoms with Gasteiger partial charge in [-0.25, -0.2) is 0 Å². The second kappa shape index (κ2) is 7.44. The molecule has 4 heteroatoms. The highest BCUT2D eigenvalue weighted by atomic mass is 16.5. The Hall–Kier alpha value is -1.57. The number of para-hydroxylation sites is 1. The summed E-state index contributed by atoms with van der Waals surface area (Å²) >= 11 is 0. The van der Waals surface area contributed by atoms with Gasteiger partial charge < -0.3 is 15.2 Å². The van der Waals surface area contributed by atoms with Crippen LogP contribution in [-0.4, -0.2) is 23.9 Å². The Bertz CT molecular complexity index is 488. The van der Waals surface area contributed by atoms with Crippen LogP contribution in [0.5, 0.6) is 5.75 Å². The van der Waals surface area contributed by atoms with Crippen LogP contribution in [0.1, 0.15) is 38.2 Å². The number of nitrogens with zero attached hydrogens (tertiary/aromatic N) is 1. The van der Waals surface area contributed by atoms with Crippen molar-refractivity contribution in [2.75, 3.05) is 13.2 Å². The molecule has 0 aliphatic heterocycles. The van der Waals surface area contributed by atoms with E-state index in [1.807, 2.05) is 30.3 Å². The maximum atomic E-state index is 9.78. The molecule has 4 nitrogen and oxygen atoms in total. The summed E-state index contributed by atoms with van der Waals surface area (Å²) in [6.45, 7) is 3.14. The summed E-state index contributed by atoms with van der Waals surface area (Å²) in [5.41, 5.74) is 0.855. The van der Waals surface area contributed by atoms with Crippen LogP contribution in [0.15, 0.2) is 24.3 Å². The summed E-state index contributed by atoms with van der Waals surface area (Å²) < 4.78 is 5.45. The molecule has 0 unspecified atom stereocenters. The van der Waals surface area contributed by atoms with Crippen LogP contribution >= 0.6 is 0 Å². The highest BCUT2D eigenvalue weighted by molar-refractivity contribution is 5.33. The molecule has 2 rings (SSSR count). The number of hydrogen-bond donors (Lipinski definition) is 2. The van der Waals surface area contributed by atoms with E-state index in [-0.39, 0.29) is 18.8 Å². The average molecular weight is 288 g/mol. The minimum atomic E-state index is -0.172. The first-order valence-electron chi connectivity index (χ1n) is 7.63. The van der Waals surface area contributed by atoms with E-state index < -0.39 is 0 Å². The van der Waals surface area contributed by atoms with Gasteiger partial charge in [-0.15, -0.1) is 0 Å². The minimum Gasteiger partial charge on any atom is -0.478 e. The molecule has 0 aromatic heterocycles. The standard InChI is InChI=1S/C17H24N2O2/c1-14-6-8-17(13-20,9-7-14)19-12-15-4-2-3-5-16(15)21-11-10-18/h2-5,14,19-20H,6-9,11-13H2,1H3. The Morgan fingerprint density at radius 2 is 2.10 bits per heavy atom.